The molecule has 22 heavy (non-hydrogen) atoms. The van der Waals surface area contributed by atoms with Gasteiger partial charge in [0.05, 0.1) is 4.92 Å². The van der Waals surface area contributed by atoms with Crippen LogP contribution in [0, 0.1) is 10.1 Å². The molecular formula is C18H26N2O2. The third kappa shape index (κ3) is 3.17. The van der Waals surface area contributed by atoms with Gasteiger partial charge in [-0.2, -0.15) is 0 Å². The average Bonchev–Trinajstić information content (AvgIpc) is 2.61. The first-order chi connectivity index (χ1) is 10.6. The van der Waals surface area contributed by atoms with Crippen molar-refractivity contribution in [1.82, 2.24) is 5.32 Å². The van der Waals surface area contributed by atoms with Gasteiger partial charge >= 0.3 is 0 Å². The van der Waals surface area contributed by atoms with Crippen LogP contribution >= 0.6 is 0 Å². The molecule has 2 aliphatic rings. The highest BCUT2D eigenvalue weighted by Gasteiger charge is 2.35. The fraction of sp³-hybridized carbons (Fsp3) is 0.667. The van der Waals surface area contributed by atoms with Crippen molar-refractivity contribution >= 4 is 5.69 Å². The quantitative estimate of drug-likeness (QED) is 0.605. The lowest BCUT2D eigenvalue weighted by atomic mass is 9.77. The predicted molar refractivity (Wildman–Crippen MR) is 88.0 cm³/mol. The van der Waals surface area contributed by atoms with Crippen LogP contribution in [0.4, 0.5) is 5.69 Å². The Hall–Kier alpha value is -1.42. The summed E-state index contributed by atoms with van der Waals surface area (Å²) in [5.74, 6) is 0.463. The molecule has 0 bridgehead atoms. The number of nitro benzene ring substituents is 1. The van der Waals surface area contributed by atoms with E-state index in [1.807, 2.05) is 6.07 Å². The number of nitro groups is 1. The van der Waals surface area contributed by atoms with Crippen LogP contribution in [0.2, 0.25) is 0 Å². The number of fused-ring (bicyclic) bond motifs is 1. The monoisotopic (exact) mass is 302 g/mol. The summed E-state index contributed by atoms with van der Waals surface area (Å²) in [7, 11) is 0. The van der Waals surface area contributed by atoms with Gasteiger partial charge in [0.1, 0.15) is 0 Å². The maximum absolute atomic E-state index is 11.0. The van der Waals surface area contributed by atoms with Crippen LogP contribution in [0.3, 0.4) is 0 Å². The molecule has 4 nitrogen and oxygen atoms in total. The van der Waals surface area contributed by atoms with Gasteiger partial charge in [-0.05, 0) is 36.3 Å². The zero-order valence-electron chi connectivity index (χ0n) is 13.4. The normalized spacial score (nSPS) is 24.9. The largest absolute Gasteiger partial charge is 0.307 e. The van der Waals surface area contributed by atoms with E-state index in [2.05, 4.69) is 12.2 Å². The number of hydrogen-bond acceptors (Lipinski definition) is 3. The van der Waals surface area contributed by atoms with Crippen LogP contribution in [0.1, 0.15) is 75.3 Å². The predicted octanol–water partition coefficient (Wildman–Crippen LogP) is 4.67. The van der Waals surface area contributed by atoms with Gasteiger partial charge in [0.2, 0.25) is 0 Å². The molecule has 1 fully saturated rings. The minimum absolute atomic E-state index is 0.210. The standard InChI is InChI=1S/C18H26N2O2/c1-14-12-18(9-5-3-2-4-6-10-18)19-13-15-11-16(20(21)22)7-8-17(14)15/h7-8,11,14,19H,2-6,9-10,12-13H2,1H3. The maximum Gasteiger partial charge on any atom is 0.269 e. The number of rotatable bonds is 1. The number of non-ortho nitro benzene ring substituents is 1. The van der Waals surface area contributed by atoms with E-state index in [-0.39, 0.29) is 16.1 Å². The van der Waals surface area contributed by atoms with Crippen LogP contribution in [0.5, 0.6) is 0 Å². The molecule has 1 saturated carbocycles. The van der Waals surface area contributed by atoms with Gasteiger partial charge in [0, 0.05) is 24.2 Å². The van der Waals surface area contributed by atoms with E-state index in [1.165, 1.54) is 50.5 Å². The Morgan fingerprint density at radius 1 is 1.18 bits per heavy atom. The molecule has 0 radical (unpaired) electrons. The summed E-state index contributed by atoms with van der Waals surface area (Å²) in [4.78, 5) is 10.7. The van der Waals surface area contributed by atoms with E-state index in [4.69, 9.17) is 0 Å². The van der Waals surface area contributed by atoms with Crippen molar-refractivity contribution in [2.24, 2.45) is 0 Å². The van der Waals surface area contributed by atoms with Crippen molar-refractivity contribution in [3.05, 3.63) is 39.4 Å². The highest BCUT2D eigenvalue weighted by molar-refractivity contribution is 5.42. The van der Waals surface area contributed by atoms with Crippen molar-refractivity contribution in [3.8, 4) is 0 Å². The molecule has 3 rings (SSSR count). The third-order valence-electron chi connectivity index (χ3n) is 5.53. The van der Waals surface area contributed by atoms with Crippen molar-refractivity contribution in [2.75, 3.05) is 0 Å². The molecule has 1 aromatic carbocycles. The Bertz CT molecular complexity index is 548. The Labute approximate surface area is 132 Å². The first-order valence-electron chi connectivity index (χ1n) is 8.62. The Morgan fingerprint density at radius 3 is 2.55 bits per heavy atom. The first kappa shape index (κ1) is 15.5. The summed E-state index contributed by atoms with van der Waals surface area (Å²) in [6.07, 6.45) is 10.3. The van der Waals surface area contributed by atoms with Gasteiger partial charge in [-0.1, -0.05) is 45.1 Å². The molecule has 0 amide bonds. The number of nitrogens with one attached hydrogen (secondary N) is 1. The van der Waals surface area contributed by atoms with Crippen LogP contribution in [-0.4, -0.2) is 10.5 Å². The number of nitrogens with zero attached hydrogens (tertiary/aromatic N) is 1. The Kier molecular flexibility index (Phi) is 4.48. The van der Waals surface area contributed by atoms with Crippen LogP contribution in [-0.2, 0) is 6.54 Å². The molecule has 0 saturated heterocycles. The number of hydrogen-bond donors (Lipinski definition) is 1. The lowest BCUT2D eigenvalue weighted by Crippen LogP contribution is -2.44. The molecule has 1 atom stereocenters. The lowest BCUT2D eigenvalue weighted by molar-refractivity contribution is -0.384. The summed E-state index contributed by atoms with van der Waals surface area (Å²) in [5, 5.41) is 14.8. The number of benzene rings is 1. The van der Waals surface area contributed by atoms with Crippen molar-refractivity contribution in [3.63, 3.8) is 0 Å². The zero-order chi connectivity index (χ0) is 15.6. The third-order valence-corrected chi connectivity index (χ3v) is 5.53. The Balaban J connectivity index is 1.86. The van der Waals surface area contributed by atoms with Crippen molar-refractivity contribution in [1.29, 1.82) is 0 Å². The fourth-order valence-electron chi connectivity index (χ4n) is 4.35. The SMILES string of the molecule is CC1CC2(CCCCCCC2)NCc2cc([N+](=O)[O-])ccc21. The topological polar surface area (TPSA) is 55.2 Å². The summed E-state index contributed by atoms with van der Waals surface area (Å²) in [6.45, 7) is 3.04. The summed E-state index contributed by atoms with van der Waals surface area (Å²) >= 11 is 0. The van der Waals surface area contributed by atoms with Crippen LogP contribution < -0.4 is 5.32 Å². The zero-order valence-corrected chi connectivity index (χ0v) is 13.4. The molecule has 1 aromatic rings. The van der Waals surface area contributed by atoms with Gasteiger partial charge in [0.25, 0.3) is 5.69 Å². The molecule has 1 heterocycles. The van der Waals surface area contributed by atoms with Crippen LogP contribution in [0.25, 0.3) is 0 Å². The van der Waals surface area contributed by atoms with Crippen molar-refractivity contribution < 1.29 is 4.92 Å². The molecule has 1 spiro atoms. The van der Waals surface area contributed by atoms with Crippen LogP contribution in [0.15, 0.2) is 18.2 Å². The van der Waals surface area contributed by atoms with Gasteiger partial charge in [0.15, 0.2) is 0 Å². The minimum Gasteiger partial charge on any atom is -0.307 e. The summed E-state index contributed by atoms with van der Waals surface area (Å²) in [5.41, 5.74) is 2.84. The second kappa shape index (κ2) is 6.37. The summed E-state index contributed by atoms with van der Waals surface area (Å²) in [6, 6.07) is 5.40. The van der Waals surface area contributed by atoms with E-state index < -0.39 is 0 Å². The van der Waals surface area contributed by atoms with E-state index in [0.717, 1.165) is 18.5 Å². The van der Waals surface area contributed by atoms with E-state index in [1.54, 1.807) is 12.1 Å². The van der Waals surface area contributed by atoms with Gasteiger partial charge in [-0.15, -0.1) is 0 Å². The molecule has 0 aromatic heterocycles. The highest BCUT2D eigenvalue weighted by atomic mass is 16.6. The van der Waals surface area contributed by atoms with Gasteiger partial charge in [-0.25, -0.2) is 0 Å². The minimum atomic E-state index is -0.290. The molecular weight excluding hydrogens is 276 g/mol. The van der Waals surface area contributed by atoms with Gasteiger partial charge in [-0.3, -0.25) is 10.1 Å². The second-order valence-electron chi connectivity index (χ2n) is 7.15. The molecule has 1 aliphatic carbocycles. The molecule has 1 unspecified atom stereocenters. The molecule has 1 aliphatic heterocycles. The average molecular weight is 302 g/mol. The molecule has 120 valence electrons. The second-order valence-corrected chi connectivity index (χ2v) is 7.15. The smallest absolute Gasteiger partial charge is 0.269 e. The lowest BCUT2D eigenvalue weighted by Gasteiger charge is -2.37. The van der Waals surface area contributed by atoms with Gasteiger partial charge < -0.3 is 5.32 Å². The maximum atomic E-state index is 11.0. The molecule has 4 heteroatoms. The van der Waals surface area contributed by atoms with E-state index >= 15 is 0 Å². The highest BCUT2D eigenvalue weighted by Crippen LogP contribution is 2.39. The first-order valence-corrected chi connectivity index (χ1v) is 8.62. The summed E-state index contributed by atoms with van der Waals surface area (Å²) < 4.78 is 0. The Morgan fingerprint density at radius 2 is 1.86 bits per heavy atom. The van der Waals surface area contributed by atoms with E-state index in [0.29, 0.717) is 5.92 Å². The van der Waals surface area contributed by atoms with Crippen molar-refractivity contribution in [2.45, 2.75) is 76.3 Å². The van der Waals surface area contributed by atoms with E-state index in [9.17, 15) is 10.1 Å². The fourth-order valence-corrected chi connectivity index (χ4v) is 4.35. The molecule has 1 N–H and O–H groups in total.